The molecule has 0 saturated carbocycles. The molecule has 0 amide bonds. The average Bonchev–Trinajstić information content (AvgIpc) is 2.65. The molecule has 1 unspecified atom stereocenters. The molecule has 1 aromatic carbocycles. The Bertz CT molecular complexity index is 611. The molecular formula is C17H25N3. The van der Waals surface area contributed by atoms with E-state index >= 15 is 0 Å². The molecule has 1 N–H and O–H groups in total. The highest BCUT2D eigenvalue weighted by molar-refractivity contribution is 5.40. The second-order valence-corrected chi connectivity index (χ2v) is 5.54. The van der Waals surface area contributed by atoms with Gasteiger partial charge in [-0.05, 0) is 50.9 Å². The molecule has 20 heavy (non-hydrogen) atoms. The van der Waals surface area contributed by atoms with Crippen LogP contribution >= 0.6 is 0 Å². The second kappa shape index (κ2) is 5.80. The molecule has 2 aromatic rings. The summed E-state index contributed by atoms with van der Waals surface area (Å²) in [7, 11) is 2.01. The minimum absolute atomic E-state index is 0.216. The molecule has 2 rings (SSSR count). The van der Waals surface area contributed by atoms with E-state index in [-0.39, 0.29) is 6.04 Å². The van der Waals surface area contributed by atoms with Crippen LogP contribution in [0, 0.1) is 27.7 Å². The quantitative estimate of drug-likeness (QED) is 0.924. The predicted octanol–water partition coefficient (Wildman–Crippen LogP) is 3.35. The Morgan fingerprint density at radius 3 is 2.35 bits per heavy atom. The highest BCUT2D eigenvalue weighted by atomic mass is 15.3. The van der Waals surface area contributed by atoms with Crippen LogP contribution < -0.4 is 5.32 Å². The Kier molecular flexibility index (Phi) is 4.29. The molecule has 3 heteroatoms. The summed E-state index contributed by atoms with van der Waals surface area (Å²) in [6.45, 7) is 11.6. The van der Waals surface area contributed by atoms with E-state index < -0.39 is 0 Å². The zero-order valence-electron chi connectivity index (χ0n) is 13.4. The number of nitrogens with one attached hydrogen (secondary N) is 1. The molecule has 0 spiro atoms. The number of benzene rings is 1. The Morgan fingerprint density at radius 2 is 1.85 bits per heavy atom. The predicted molar refractivity (Wildman–Crippen MR) is 84.1 cm³/mol. The Morgan fingerprint density at radius 1 is 1.15 bits per heavy atom. The standard InChI is InChI=1S/C17H25N3/c1-7-18-17(15-9-8-11(2)12(3)10-15)16-13(4)19-20(6)14(16)5/h8-10,17-18H,7H2,1-6H3. The van der Waals surface area contributed by atoms with Gasteiger partial charge in [0, 0.05) is 18.3 Å². The topological polar surface area (TPSA) is 29.9 Å². The van der Waals surface area contributed by atoms with Crippen LogP contribution in [0.4, 0.5) is 0 Å². The third-order valence-electron chi connectivity index (χ3n) is 4.13. The van der Waals surface area contributed by atoms with Gasteiger partial charge in [-0.2, -0.15) is 5.10 Å². The number of hydrogen-bond acceptors (Lipinski definition) is 2. The van der Waals surface area contributed by atoms with E-state index in [0.29, 0.717) is 0 Å². The maximum Gasteiger partial charge on any atom is 0.0647 e. The van der Waals surface area contributed by atoms with E-state index in [1.807, 2.05) is 11.7 Å². The zero-order valence-corrected chi connectivity index (χ0v) is 13.4. The summed E-state index contributed by atoms with van der Waals surface area (Å²) in [6.07, 6.45) is 0. The lowest BCUT2D eigenvalue weighted by Crippen LogP contribution is -2.23. The van der Waals surface area contributed by atoms with Crippen molar-refractivity contribution in [3.05, 3.63) is 51.8 Å². The van der Waals surface area contributed by atoms with Crippen molar-refractivity contribution in [2.24, 2.45) is 7.05 Å². The number of hydrogen-bond donors (Lipinski definition) is 1. The van der Waals surface area contributed by atoms with Crippen LogP contribution in [-0.2, 0) is 7.05 Å². The number of aromatic nitrogens is 2. The number of aryl methyl sites for hydroxylation is 4. The van der Waals surface area contributed by atoms with E-state index in [4.69, 9.17) is 0 Å². The molecule has 0 bridgehead atoms. The van der Waals surface area contributed by atoms with Crippen molar-refractivity contribution in [3.63, 3.8) is 0 Å². The van der Waals surface area contributed by atoms with Gasteiger partial charge in [0.25, 0.3) is 0 Å². The van der Waals surface area contributed by atoms with Crippen LogP contribution in [0.2, 0.25) is 0 Å². The number of rotatable bonds is 4. The lowest BCUT2D eigenvalue weighted by atomic mass is 9.94. The van der Waals surface area contributed by atoms with Crippen molar-refractivity contribution in [1.82, 2.24) is 15.1 Å². The largest absolute Gasteiger partial charge is 0.306 e. The van der Waals surface area contributed by atoms with Crippen molar-refractivity contribution >= 4 is 0 Å². The minimum atomic E-state index is 0.216. The van der Waals surface area contributed by atoms with Gasteiger partial charge in [-0.25, -0.2) is 0 Å². The van der Waals surface area contributed by atoms with Crippen molar-refractivity contribution in [3.8, 4) is 0 Å². The van der Waals surface area contributed by atoms with Crippen molar-refractivity contribution in [2.45, 2.75) is 40.7 Å². The fraction of sp³-hybridized carbons (Fsp3) is 0.471. The summed E-state index contributed by atoms with van der Waals surface area (Å²) in [6, 6.07) is 6.93. The molecular weight excluding hydrogens is 246 g/mol. The molecule has 0 aliphatic rings. The summed E-state index contributed by atoms with van der Waals surface area (Å²) in [5.74, 6) is 0. The minimum Gasteiger partial charge on any atom is -0.306 e. The van der Waals surface area contributed by atoms with Gasteiger partial charge >= 0.3 is 0 Å². The van der Waals surface area contributed by atoms with Crippen LogP contribution in [0.3, 0.4) is 0 Å². The summed E-state index contributed by atoms with van der Waals surface area (Å²) in [5, 5.41) is 8.16. The van der Waals surface area contributed by atoms with Crippen LogP contribution in [0.25, 0.3) is 0 Å². The van der Waals surface area contributed by atoms with Crippen LogP contribution in [0.5, 0.6) is 0 Å². The lowest BCUT2D eigenvalue weighted by Gasteiger charge is -2.20. The smallest absolute Gasteiger partial charge is 0.0647 e. The zero-order chi connectivity index (χ0) is 14.9. The van der Waals surface area contributed by atoms with Gasteiger partial charge in [0.15, 0.2) is 0 Å². The molecule has 0 saturated heterocycles. The van der Waals surface area contributed by atoms with Gasteiger partial charge in [0.1, 0.15) is 0 Å². The fourth-order valence-corrected chi connectivity index (χ4v) is 2.74. The highest BCUT2D eigenvalue weighted by Gasteiger charge is 2.21. The fourth-order valence-electron chi connectivity index (χ4n) is 2.74. The maximum absolute atomic E-state index is 4.56. The molecule has 0 radical (unpaired) electrons. The van der Waals surface area contributed by atoms with Crippen molar-refractivity contribution in [2.75, 3.05) is 6.54 Å². The van der Waals surface area contributed by atoms with E-state index in [1.54, 1.807) is 0 Å². The summed E-state index contributed by atoms with van der Waals surface area (Å²) in [5.41, 5.74) is 7.63. The average molecular weight is 271 g/mol. The molecule has 1 heterocycles. The summed E-state index contributed by atoms with van der Waals surface area (Å²) < 4.78 is 1.97. The Labute approximate surface area is 122 Å². The first-order valence-corrected chi connectivity index (χ1v) is 7.26. The van der Waals surface area contributed by atoms with Gasteiger partial charge in [-0.1, -0.05) is 25.1 Å². The second-order valence-electron chi connectivity index (χ2n) is 5.54. The van der Waals surface area contributed by atoms with E-state index in [1.165, 1.54) is 27.9 Å². The summed E-state index contributed by atoms with van der Waals surface area (Å²) in [4.78, 5) is 0. The van der Waals surface area contributed by atoms with Crippen molar-refractivity contribution < 1.29 is 0 Å². The Hall–Kier alpha value is -1.61. The van der Waals surface area contributed by atoms with Gasteiger partial charge in [-0.3, -0.25) is 4.68 Å². The molecule has 3 nitrogen and oxygen atoms in total. The SMILES string of the molecule is CCNC(c1ccc(C)c(C)c1)c1c(C)nn(C)c1C. The van der Waals surface area contributed by atoms with Crippen LogP contribution in [0.15, 0.2) is 18.2 Å². The van der Waals surface area contributed by atoms with E-state index in [9.17, 15) is 0 Å². The first-order chi connectivity index (χ1) is 9.45. The molecule has 1 atom stereocenters. The van der Waals surface area contributed by atoms with Gasteiger partial charge < -0.3 is 5.32 Å². The van der Waals surface area contributed by atoms with Gasteiger partial charge in [-0.15, -0.1) is 0 Å². The van der Waals surface area contributed by atoms with Gasteiger partial charge in [0.2, 0.25) is 0 Å². The first-order valence-electron chi connectivity index (χ1n) is 7.26. The molecule has 0 aliphatic carbocycles. The third kappa shape index (κ3) is 2.63. The molecule has 108 valence electrons. The molecule has 0 aliphatic heterocycles. The third-order valence-corrected chi connectivity index (χ3v) is 4.13. The highest BCUT2D eigenvalue weighted by Crippen LogP contribution is 2.28. The maximum atomic E-state index is 4.56. The Balaban J connectivity index is 2.53. The van der Waals surface area contributed by atoms with E-state index in [0.717, 1.165) is 12.2 Å². The van der Waals surface area contributed by atoms with Crippen LogP contribution in [0.1, 0.15) is 46.6 Å². The summed E-state index contributed by atoms with van der Waals surface area (Å²) >= 11 is 0. The first kappa shape index (κ1) is 14.8. The normalized spacial score (nSPS) is 12.7. The van der Waals surface area contributed by atoms with Crippen molar-refractivity contribution in [1.29, 1.82) is 0 Å². The van der Waals surface area contributed by atoms with Gasteiger partial charge in [0.05, 0.1) is 11.7 Å². The monoisotopic (exact) mass is 271 g/mol. The molecule has 1 aromatic heterocycles. The molecule has 0 fully saturated rings. The van der Waals surface area contributed by atoms with E-state index in [2.05, 4.69) is 63.2 Å². The number of nitrogens with zero attached hydrogens (tertiary/aromatic N) is 2. The lowest BCUT2D eigenvalue weighted by molar-refractivity contribution is 0.622. The van der Waals surface area contributed by atoms with Crippen LogP contribution in [-0.4, -0.2) is 16.3 Å².